The van der Waals surface area contributed by atoms with Crippen LogP contribution in [-0.2, 0) is 10.6 Å². The quantitative estimate of drug-likeness (QED) is 0.0302. The molecular weight excluding hydrogens is 1110 g/mol. The minimum absolute atomic E-state index is 1.08. The van der Waals surface area contributed by atoms with Gasteiger partial charge in [0.1, 0.15) is 13.1 Å². The molecule has 0 saturated carbocycles. The SMILES string of the molecule is CCCCN(CCCC)c1ccc(/C(=C\C=C\C(=C2C=CC(=[N+](CCCC)CCCC)C=C2)c2ccc(N(C)c3ccc(N(C)c4ccccc4)cc3)cc2)c2ccc(N(C)c3ccc(N(C)c4ccccc4)cc3)cc2)cc1.F[C-](F)F.O=S(=O)=O. The van der Waals surface area contributed by atoms with Crippen molar-refractivity contribution in [3.05, 3.63) is 253 Å². The standard InChI is InChI=1S/C73H85N6.CF3.O3S/c1-9-13-54-78(55-14-10-2)70-42-34-60(35-43-70)72(58-30-38-64(39-31-58)76(7)68-50-46-66(47-51-68)74(5)62-24-19-17-20-25-62)28-23-29-73(61-36-44-71(45-37-61)79(56-15-11-3)57-16-12-4)59-32-40-65(41-33-59)77(8)69-52-48-67(49-53-69)75(6)63-26-21-18-22-27-63;2-1(3)4;1-4(2)3/h17-53H,9-16,54-57H2,1-8H3;;/q+1;-1;. The molecule has 0 saturated heterocycles. The summed E-state index contributed by atoms with van der Waals surface area (Å²) >= 11 is 0. The zero-order valence-electron chi connectivity index (χ0n) is 51.8. The van der Waals surface area contributed by atoms with Crippen LogP contribution in [0.5, 0.6) is 0 Å². The molecular formula is C74H85F3N6O3S. The molecule has 0 radical (unpaired) electrons. The van der Waals surface area contributed by atoms with Gasteiger partial charge in [-0.25, -0.2) is 4.58 Å². The Bertz CT molecular complexity index is 3450. The van der Waals surface area contributed by atoms with Crippen molar-refractivity contribution in [2.24, 2.45) is 0 Å². The van der Waals surface area contributed by atoms with Gasteiger partial charge in [0, 0.05) is 117 Å². The van der Waals surface area contributed by atoms with E-state index in [1.165, 1.54) is 96.2 Å². The van der Waals surface area contributed by atoms with Crippen molar-refractivity contribution in [2.45, 2.75) is 79.1 Å². The molecule has 0 aliphatic heterocycles. The molecule has 0 N–H and O–H groups in total. The lowest BCUT2D eigenvalue weighted by Crippen LogP contribution is -2.25. The molecule has 13 heteroatoms. The maximum Gasteiger partial charge on any atom is 0.425 e. The highest BCUT2D eigenvalue weighted by Crippen LogP contribution is 2.35. The summed E-state index contributed by atoms with van der Waals surface area (Å²) in [6.45, 7) is 10.4. The van der Waals surface area contributed by atoms with Crippen LogP contribution in [0.1, 0.15) is 95.8 Å². The maximum absolute atomic E-state index is 9.58. The molecule has 1 aliphatic carbocycles. The third-order valence-corrected chi connectivity index (χ3v) is 15.4. The molecule has 0 bridgehead atoms. The molecule has 0 heterocycles. The fourth-order valence-corrected chi connectivity index (χ4v) is 10.2. The average Bonchev–Trinajstić information content (AvgIpc) is 2.48. The number of halogens is 3. The first-order chi connectivity index (χ1) is 42.1. The fourth-order valence-electron chi connectivity index (χ4n) is 10.2. The van der Waals surface area contributed by atoms with Gasteiger partial charge < -0.3 is 37.7 Å². The van der Waals surface area contributed by atoms with Crippen LogP contribution in [0.3, 0.4) is 0 Å². The molecule has 0 amide bonds. The van der Waals surface area contributed by atoms with E-state index in [9.17, 15) is 13.2 Å². The van der Waals surface area contributed by atoms with Crippen molar-refractivity contribution < 1.29 is 30.4 Å². The van der Waals surface area contributed by atoms with E-state index in [1.807, 2.05) is 0 Å². The molecule has 87 heavy (non-hydrogen) atoms. The predicted octanol–water partition coefficient (Wildman–Crippen LogP) is 19.1. The summed E-state index contributed by atoms with van der Waals surface area (Å²) in [5, 5.41) is 0. The second kappa shape index (κ2) is 35.7. The molecule has 0 fully saturated rings. The van der Waals surface area contributed by atoms with Gasteiger partial charge in [-0.3, -0.25) is 0 Å². The summed E-state index contributed by atoms with van der Waals surface area (Å²) in [5.74, 6) is 0. The highest BCUT2D eigenvalue weighted by atomic mass is 32.2. The average molecular weight is 1200 g/mol. The van der Waals surface area contributed by atoms with Crippen LogP contribution in [0.2, 0.25) is 0 Å². The van der Waals surface area contributed by atoms with Gasteiger partial charge in [-0.05, 0) is 168 Å². The smallest absolute Gasteiger partial charge is 0.385 e. The molecule has 7 aromatic rings. The Morgan fingerprint density at radius 2 is 0.724 bits per heavy atom. The van der Waals surface area contributed by atoms with E-state index in [-0.39, 0.29) is 0 Å². The summed E-state index contributed by atoms with van der Waals surface area (Å²) < 4.78 is 56.7. The number of hydrogen-bond donors (Lipinski definition) is 0. The van der Waals surface area contributed by atoms with E-state index in [2.05, 4.69) is 309 Å². The molecule has 8 rings (SSSR count). The van der Waals surface area contributed by atoms with Gasteiger partial charge in [-0.2, -0.15) is 0 Å². The van der Waals surface area contributed by atoms with E-state index >= 15 is 0 Å². The van der Waals surface area contributed by atoms with Crippen molar-refractivity contribution in [1.29, 1.82) is 0 Å². The van der Waals surface area contributed by atoms with Gasteiger partial charge >= 0.3 is 10.6 Å². The van der Waals surface area contributed by atoms with Crippen LogP contribution < -0.4 is 24.5 Å². The number of nitrogens with zero attached hydrogens (tertiary/aromatic N) is 6. The van der Waals surface area contributed by atoms with E-state index in [4.69, 9.17) is 12.6 Å². The van der Waals surface area contributed by atoms with E-state index in [0.717, 1.165) is 71.7 Å². The number of anilines is 9. The molecule has 7 aromatic carbocycles. The van der Waals surface area contributed by atoms with Gasteiger partial charge in [0.15, 0.2) is 12.4 Å². The molecule has 0 spiro atoms. The Balaban J connectivity index is 0.00000142. The monoisotopic (exact) mass is 1190 g/mol. The second-order valence-corrected chi connectivity index (χ2v) is 21.7. The molecule has 0 atom stereocenters. The summed E-state index contributed by atoms with van der Waals surface area (Å²) in [6.07, 6.45) is 25.7. The molecule has 0 unspecified atom stereocenters. The Kier molecular flexibility index (Phi) is 27.7. The van der Waals surface area contributed by atoms with E-state index in [1.54, 1.807) is 0 Å². The van der Waals surface area contributed by atoms with Crippen LogP contribution in [0.15, 0.2) is 230 Å². The Morgan fingerprint density at radius 1 is 0.425 bits per heavy atom. The van der Waals surface area contributed by atoms with Gasteiger partial charge in [0.2, 0.25) is 0 Å². The largest absolute Gasteiger partial charge is 0.425 e. The number of allylic oxidation sites excluding steroid dienone is 9. The topological polar surface area (TPSA) is 70.4 Å². The van der Waals surface area contributed by atoms with Gasteiger partial charge in [0.25, 0.3) is 0 Å². The van der Waals surface area contributed by atoms with E-state index < -0.39 is 17.3 Å². The van der Waals surface area contributed by atoms with Crippen molar-refractivity contribution in [1.82, 2.24) is 0 Å². The zero-order valence-corrected chi connectivity index (χ0v) is 52.6. The Labute approximate surface area is 517 Å². The van der Waals surface area contributed by atoms with Crippen LogP contribution in [0.4, 0.5) is 64.4 Å². The number of hydrogen-bond acceptors (Lipinski definition) is 8. The Morgan fingerprint density at radius 3 is 1.06 bits per heavy atom. The number of rotatable bonds is 26. The summed E-state index contributed by atoms with van der Waals surface area (Å²) in [6, 6.07) is 66.1. The van der Waals surface area contributed by atoms with Gasteiger partial charge in [-0.1, -0.05) is 144 Å². The number of para-hydroxylation sites is 2. The highest BCUT2D eigenvalue weighted by molar-refractivity contribution is 7.59. The van der Waals surface area contributed by atoms with Crippen LogP contribution in [0.25, 0.3) is 11.1 Å². The lowest BCUT2D eigenvalue weighted by atomic mass is 9.94. The van der Waals surface area contributed by atoms with Gasteiger partial charge in [-0.15, -0.1) is 12.6 Å². The molecule has 456 valence electrons. The first kappa shape index (κ1) is 67.4. The number of unbranched alkanes of at least 4 members (excludes halogenated alkanes) is 4. The van der Waals surface area contributed by atoms with Crippen molar-refractivity contribution in [3.8, 4) is 0 Å². The summed E-state index contributed by atoms with van der Waals surface area (Å²) in [4.78, 5) is 11.5. The second-order valence-electron chi connectivity index (χ2n) is 21.3. The summed E-state index contributed by atoms with van der Waals surface area (Å²) in [7, 11) is 5.43. The van der Waals surface area contributed by atoms with Crippen LogP contribution in [0, 0.1) is 6.68 Å². The normalized spacial score (nSPS) is 11.8. The van der Waals surface area contributed by atoms with Crippen molar-refractivity contribution in [2.75, 3.05) is 78.9 Å². The summed E-state index contributed by atoms with van der Waals surface area (Å²) in [5.41, 5.74) is 18.8. The number of benzene rings is 7. The van der Waals surface area contributed by atoms with Crippen LogP contribution in [-0.4, -0.2) is 77.3 Å². The molecule has 0 aromatic heterocycles. The third-order valence-electron chi connectivity index (χ3n) is 15.4. The molecule has 1 aliphatic rings. The van der Waals surface area contributed by atoms with Crippen LogP contribution >= 0.6 is 0 Å². The Hall–Kier alpha value is -8.68. The lowest BCUT2D eigenvalue weighted by molar-refractivity contribution is -0.527. The first-order valence-corrected chi connectivity index (χ1v) is 31.2. The fraction of sp³-hybridized carbons (Fsp3) is 0.270. The molecule has 9 nitrogen and oxygen atoms in total. The third kappa shape index (κ3) is 20.8. The van der Waals surface area contributed by atoms with Crippen molar-refractivity contribution >= 4 is 78.7 Å². The highest BCUT2D eigenvalue weighted by Gasteiger charge is 2.16. The zero-order chi connectivity index (χ0) is 62.5. The minimum atomic E-state index is -3.11. The maximum atomic E-state index is 9.58. The van der Waals surface area contributed by atoms with Crippen molar-refractivity contribution in [3.63, 3.8) is 0 Å². The van der Waals surface area contributed by atoms with Gasteiger partial charge in [0.05, 0.1) is 0 Å². The first-order valence-electron chi connectivity index (χ1n) is 30.2. The van der Waals surface area contributed by atoms with E-state index in [0.29, 0.717) is 0 Å². The predicted molar refractivity (Wildman–Crippen MR) is 362 cm³/mol. The lowest BCUT2D eigenvalue weighted by Gasteiger charge is -2.25. The minimum Gasteiger partial charge on any atom is -0.385 e.